The van der Waals surface area contributed by atoms with Gasteiger partial charge in [-0.05, 0) is 49.9 Å². The molecule has 2 aliphatic heterocycles. The summed E-state index contributed by atoms with van der Waals surface area (Å²) in [5, 5.41) is 3.20. The van der Waals surface area contributed by atoms with Gasteiger partial charge in [0.25, 0.3) is 5.92 Å². The standard InChI is InChI=1S/C25H27F2N3O4S/c1-14-9-19-24(28-14)20(11-17(29-19)12-21(31)15-3-4-15)30-18-6-5-16(10-23(18)35(2,32)33)22-7-8-25(26,27)13-34-22/h5-6,10-11,15,22H,3-4,7-9,12-13H2,1-2H3,(H,29,30)/t22-/m1/s1. The molecule has 1 N–H and O–H groups in total. The summed E-state index contributed by atoms with van der Waals surface area (Å²) in [4.78, 5) is 21.7. The zero-order chi connectivity index (χ0) is 25.0. The molecule has 1 aliphatic carbocycles. The van der Waals surface area contributed by atoms with Crippen molar-refractivity contribution < 1.29 is 26.7 Å². The van der Waals surface area contributed by atoms with Crippen LogP contribution >= 0.6 is 0 Å². The number of nitrogens with zero attached hydrogens (tertiary/aromatic N) is 2. The molecule has 1 aromatic carbocycles. The van der Waals surface area contributed by atoms with Crippen molar-refractivity contribution in [3.8, 4) is 0 Å². The minimum Gasteiger partial charge on any atom is -0.367 e. The highest BCUT2D eigenvalue weighted by Crippen LogP contribution is 2.40. The molecule has 0 radical (unpaired) electrons. The summed E-state index contributed by atoms with van der Waals surface area (Å²) in [6.45, 7) is 1.21. The summed E-state index contributed by atoms with van der Waals surface area (Å²) in [6.07, 6.45) is 2.94. The number of fused-ring (bicyclic) bond motifs is 1. The van der Waals surface area contributed by atoms with Gasteiger partial charge in [0.2, 0.25) is 0 Å². The number of hydrogen-bond donors (Lipinski definition) is 1. The molecular weight excluding hydrogens is 476 g/mol. The summed E-state index contributed by atoms with van der Waals surface area (Å²) >= 11 is 0. The number of sulfone groups is 1. The van der Waals surface area contributed by atoms with E-state index in [2.05, 4.69) is 15.3 Å². The largest absolute Gasteiger partial charge is 0.367 e. The van der Waals surface area contributed by atoms with Crippen molar-refractivity contribution in [3.63, 3.8) is 0 Å². The van der Waals surface area contributed by atoms with Gasteiger partial charge in [-0.3, -0.25) is 14.8 Å². The molecule has 10 heteroatoms. The Bertz CT molecular complexity index is 1330. The predicted molar refractivity (Wildman–Crippen MR) is 128 cm³/mol. The number of benzene rings is 1. The second-order valence-corrected chi connectivity index (χ2v) is 11.7. The van der Waals surface area contributed by atoms with Gasteiger partial charge in [-0.1, -0.05) is 6.07 Å². The molecule has 2 aromatic rings. The molecule has 1 aromatic heterocycles. The molecule has 2 fully saturated rings. The van der Waals surface area contributed by atoms with E-state index in [-0.39, 0.29) is 35.9 Å². The Morgan fingerprint density at radius 1 is 1.20 bits per heavy atom. The Hall–Kier alpha value is -2.72. The van der Waals surface area contributed by atoms with Crippen LogP contribution in [-0.2, 0) is 32.2 Å². The van der Waals surface area contributed by atoms with Gasteiger partial charge >= 0.3 is 0 Å². The first-order chi connectivity index (χ1) is 16.5. The van der Waals surface area contributed by atoms with E-state index in [1.807, 2.05) is 6.92 Å². The van der Waals surface area contributed by atoms with E-state index in [1.165, 1.54) is 6.07 Å². The summed E-state index contributed by atoms with van der Waals surface area (Å²) in [6, 6.07) is 6.56. The van der Waals surface area contributed by atoms with E-state index in [0.29, 0.717) is 34.7 Å². The monoisotopic (exact) mass is 503 g/mol. The summed E-state index contributed by atoms with van der Waals surface area (Å²) < 4.78 is 57.7. The molecule has 35 heavy (non-hydrogen) atoms. The van der Waals surface area contributed by atoms with Crippen LogP contribution in [0.4, 0.5) is 25.8 Å². The SMILES string of the molecule is CC1=Nc2c(Nc3ccc([C@H]4CCC(F)(F)CO4)cc3S(C)(=O)=O)cc(CC(=O)C3CC3)nc2C1. The molecule has 0 amide bonds. The lowest BCUT2D eigenvalue weighted by Crippen LogP contribution is -2.31. The maximum atomic E-state index is 13.5. The lowest BCUT2D eigenvalue weighted by Gasteiger charge is -2.29. The molecule has 3 heterocycles. The zero-order valence-electron chi connectivity index (χ0n) is 19.6. The minimum absolute atomic E-state index is 0.0378. The van der Waals surface area contributed by atoms with Gasteiger partial charge in [0.05, 0.1) is 33.8 Å². The highest BCUT2D eigenvalue weighted by molar-refractivity contribution is 7.90. The molecule has 0 unspecified atom stereocenters. The molecule has 0 spiro atoms. The zero-order valence-corrected chi connectivity index (χ0v) is 20.4. The van der Waals surface area contributed by atoms with Gasteiger partial charge < -0.3 is 10.1 Å². The first kappa shape index (κ1) is 24.0. The quantitative estimate of drug-likeness (QED) is 0.578. The highest BCUT2D eigenvalue weighted by atomic mass is 32.2. The minimum atomic E-state index is -3.67. The Kier molecular flexibility index (Phi) is 5.99. The van der Waals surface area contributed by atoms with E-state index in [1.54, 1.807) is 18.2 Å². The van der Waals surface area contributed by atoms with Crippen molar-refractivity contribution in [2.45, 2.75) is 62.4 Å². The van der Waals surface area contributed by atoms with Crippen molar-refractivity contribution >= 4 is 38.4 Å². The first-order valence-corrected chi connectivity index (χ1v) is 13.6. The van der Waals surface area contributed by atoms with Gasteiger partial charge in [-0.15, -0.1) is 0 Å². The van der Waals surface area contributed by atoms with Crippen LogP contribution in [-0.4, -0.2) is 43.7 Å². The number of carbonyl (C=O) groups excluding carboxylic acids is 1. The number of aromatic nitrogens is 1. The second kappa shape index (κ2) is 8.74. The van der Waals surface area contributed by atoms with Crippen molar-refractivity contribution in [2.24, 2.45) is 10.9 Å². The fraction of sp³-hybridized carbons (Fsp3) is 0.480. The lowest BCUT2D eigenvalue weighted by atomic mass is 9.99. The molecule has 186 valence electrons. The Morgan fingerprint density at radius 2 is 1.97 bits per heavy atom. The van der Waals surface area contributed by atoms with Crippen LogP contribution in [0.15, 0.2) is 34.2 Å². The molecule has 7 nitrogen and oxygen atoms in total. The molecule has 1 saturated heterocycles. The number of aliphatic imine (C=N–C) groups is 1. The average Bonchev–Trinajstić information content (AvgIpc) is 3.55. The molecular formula is C25H27F2N3O4S. The number of hydrogen-bond acceptors (Lipinski definition) is 7. The van der Waals surface area contributed by atoms with E-state index in [0.717, 1.165) is 30.5 Å². The second-order valence-electron chi connectivity index (χ2n) is 9.74. The van der Waals surface area contributed by atoms with Gasteiger partial charge in [-0.25, -0.2) is 17.2 Å². The smallest absolute Gasteiger partial charge is 0.271 e. The third-order valence-electron chi connectivity index (χ3n) is 6.55. The summed E-state index contributed by atoms with van der Waals surface area (Å²) in [5.41, 5.74) is 4.34. The lowest BCUT2D eigenvalue weighted by molar-refractivity contribution is -0.145. The van der Waals surface area contributed by atoms with E-state index in [4.69, 9.17) is 4.74 Å². The van der Waals surface area contributed by atoms with Crippen molar-refractivity contribution in [2.75, 3.05) is 18.2 Å². The van der Waals surface area contributed by atoms with Gasteiger partial charge in [0, 0.05) is 37.1 Å². The van der Waals surface area contributed by atoms with E-state index >= 15 is 0 Å². The van der Waals surface area contributed by atoms with Gasteiger partial charge in [0.1, 0.15) is 18.1 Å². The van der Waals surface area contributed by atoms with Crippen LogP contribution in [0.1, 0.15) is 55.7 Å². The van der Waals surface area contributed by atoms with Crippen LogP contribution in [0.25, 0.3) is 0 Å². The van der Waals surface area contributed by atoms with Crippen molar-refractivity contribution in [1.29, 1.82) is 0 Å². The van der Waals surface area contributed by atoms with Gasteiger partial charge in [-0.2, -0.15) is 0 Å². The van der Waals surface area contributed by atoms with Crippen LogP contribution in [0.3, 0.4) is 0 Å². The number of Topliss-reactive ketones (excluding diaryl/α,β-unsaturated/α-hetero) is 1. The van der Waals surface area contributed by atoms with Crippen molar-refractivity contribution in [3.05, 3.63) is 41.2 Å². The van der Waals surface area contributed by atoms with Crippen molar-refractivity contribution in [1.82, 2.24) is 4.98 Å². The Labute approximate surface area is 202 Å². The Balaban J connectivity index is 1.48. The number of ether oxygens (including phenoxy) is 1. The third-order valence-corrected chi connectivity index (χ3v) is 7.68. The number of anilines is 2. The predicted octanol–water partition coefficient (Wildman–Crippen LogP) is 4.89. The topological polar surface area (TPSA) is 97.7 Å². The van der Waals surface area contributed by atoms with E-state index in [9.17, 15) is 22.0 Å². The van der Waals surface area contributed by atoms with Crippen LogP contribution in [0.2, 0.25) is 0 Å². The normalized spacial score (nSPS) is 21.4. The fourth-order valence-electron chi connectivity index (χ4n) is 4.56. The van der Waals surface area contributed by atoms with Crippen LogP contribution < -0.4 is 5.32 Å². The molecule has 3 aliphatic rings. The number of nitrogens with one attached hydrogen (secondary N) is 1. The number of carbonyl (C=O) groups is 1. The average molecular weight is 504 g/mol. The molecule has 5 rings (SSSR count). The maximum Gasteiger partial charge on any atom is 0.271 e. The fourth-order valence-corrected chi connectivity index (χ4v) is 5.43. The first-order valence-electron chi connectivity index (χ1n) is 11.7. The molecule has 1 saturated carbocycles. The number of alkyl halides is 2. The summed E-state index contributed by atoms with van der Waals surface area (Å²) in [5.74, 6) is -2.58. The summed E-state index contributed by atoms with van der Waals surface area (Å²) in [7, 11) is -3.67. The highest BCUT2D eigenvalue weighted by Gasteiger charge is 2.37. The van der Waals surface area contributed by atoms with E-state index < -0.39 is 28.5 Å². The Morgan fingerprint density at radius 3 is 2.63 bits per heavy atom. The van der Waals surface area contributed by atoms with Crippen LogP contribution in [0.5, 0.6) is 0 Å². The molecule has 1 atom stereocenters. The molecule has 0 bridgehead atoms. The number of pyridine rings is 1. The number of ketones is 1. The number of rotatable bonds is 7. The van der Waals surface area contributed by atoms with Crippen LogP contribution in [0, 0.1) is 5.92 Å². The maximum absolute atomic E-state index is 13.5. The van der Waals surface area contributed by atoms with Gasteiger partial charge in [0.15, 0.2) is 9.84 Å². The third kappa shape index (κ3) is 5.28. The number of halogens is 2.